The number of amides is 1. The van der Waals surface area contributed by atoms with Gasteiger partial charge in [0.05, 0.1) is 12.2 Å². The summed E-state index contributed by atoms with van der Waals surface area (Å²) in [6, 6.07) is 0. The highest BCUT2D eigenvalue weighted by Crippen LogP contribution is 2.32. The van der Waals surface area contributed by atoms with Gasteiger partial charge in [0, 0.05) is 44.4 Å². The third-order valence-corrected chi connectivity index (χ3v) is 6.15. The second kappa shape index (κ2) is 8.33. The summed E-state index contributed by atoms with van der Waals surface area (Å²) in [6.07, 6.45) is 12.7. The van der Waals surface area contributed by atoms with Gasteiger partial charge in [-0.05, 0) is 18.8 Å². The maximum absolute atomic E-state index is 12.7. The minimum Gasteiger partial charge on any atom is -0.342 e. The van der Waals surface area contributed by atoms with Crippen molar-refractivity contribution in [2.24, 2.45) is 11.7 Å². The van der Waals surface area contributed by atoms with Crippen LogP contribution in [-0.4, -0.2) is 50.2 Å². The number of likely N-dealkylation sites (tertiary alicyclic amines) is 1. The van der Waals surface area contributed by atoms with Crippen LogP contribution in [0.5, 0.6) is 0 Å². The molecule has 1 amide bonds. The molecule has 0 unspecified atom stereocenters. The fourth-order valence-corrected chi connectivity index (χ4v) is 4.65. The average Bonchev–Trinajstić information content (AvgIpc) is 3.33. The first-order chi connectivity index (χ1) is 13.3. The van der Waals surface area contributed by atoms with Gasteiger partial charge in [-0.2, -0.15) is 5.10 Å². The van der Waals surface area contributed by atoms with Gasteiger partial charge in [0.25, 0.3) is 0 Å². The number of aromatic nitrogens is 4. The maximum atomic E-state index is 12.7. The second-order valence-electron chi connectivity index (χ2n) is 7.99. The molecule has 2 aliphatic rings. The van der Waals surface area contributed by atoms with Gasteiger partial charge in [-0.15, -0.1) is 0 Å². The molecule has 3 heterocycles. The summed E-state index contributed by atoms with van der Waals surface area (Å²) in [5.41, 5.74) is 8.32. The topological polar surface area (TPSA) is 89.9 Å². The van der Waals surface area contributed by atoms with Crippen molar-refractivity contribution in [1.29, 1.82) is 0 Å². The summed E-state index contributed by atoms with van der Waals surface area (Å²) in [7, 11) is 0. The van der Waals surface area contributed by atoms with Gasteiger partial charge in [-0.1, -0.05) is 32.1 Å². The molecule has 1 aliphatic heterocycles. The Kier molecular flexibility index (Phi) is 5.66. The lowest BCUT2D eigenvalue weighted by atomic mass is 9.86. The van der Waals surface area contributed by atoms with Crippen molar-refractivity contribution >= 4 is 17.1 Å². The quantitative estimate of drug-likeness (QED) is 0.843. The molecular weight excluding hydrogens is 340 g/mol. The predicted octanol–water partition coefficient (Wildman–Crippen LogP) is 2.46. The third kappa shape index (κ3) is 3.98. The Morgan fingerprint density at radius 1 is 1.15 bits per heavy atom. The summed E-state index contributed by atoms with van der Waals surface area (Å²) in [4.78, 5) is 23.7. The number of nitrogens with two attached hydrogens (primary N) is 1. The van der Waals surface area contributed by atoms with Crippen molar-refractivity contribution in [3.63, 3.8) is 0 Å². The Morgan fingerprint density at radius 3 is 2.78 bits per heavy atom. The Bertz CT molecular complexity index is 782. The first-order valence-corrected chi connectivity index (χ1v) is 10.4. The van der Waals surface area contributed by atoms with E-state index in [4.69, 9.17) is 10.8 Å². The van der Waals surface area contributed by atoms with E-state index in [2.05, 4.69) is 9.97 Å². The van der Waals surface area contributed by atoms with E-state index in [1.54, 1.807) is 12.4 Å². The highest BCUT2D eigenvalue weighted by atomic mass is 16.2. The molecule has 0 aromatic carbocycles. The minimum absolute atomic E-state index is 0.238. The number of hydrogen-bond acceptors (Lipinski definition) is 5. The lowest BCUT2D eigenvalue weighted by molar-refractivity contribution is -0.130. The largest absolute Gasteiger partial charge is 0.342 e. The lowest BCUT2D eigenvalue weighted by Gasteiger charge is -2.22. The van der Waals surface area contributed by atoms with Gasteiger partial charge in [0.2, 0.25) is 5.91 Å². The van der Waals surface area contributed by atoms with Crippen molar-refractivity contribution in [2.45, 2.75) is 63.8 Å². The number of hydrogen-bond donors (Lipinski definition) is 1. The molecule has 0 spiro atoms. The standard InChI is InChI=1S/C20H30N6O/c21-9-13-26-20-19(22-10-11-23-20)18(24-26)16-8-12-25(14-16)17(27)7-6-15-4-2-1-3-5-15/h10-11,15-16H,1-9,12-14,21H2/t16-/m0/s1. The Hall–Kier alpha value is -2.02. The highest BCUT2D eigenvalue weighted by Gasteiger charge is 2.31. The summed E-state index contributed by atoms with van der Waals surface area (Å²) < 4.78 is 1.85. The van der Waals surface area contributed by atoms with Gasteiger partial charge < -0.3 is 10.6 Å². The van der Waals surface area contributed by atoms with Crippen molar-refractivity contribution in [2.75, 3.05) is 19.6 Å². The molecular formula is C20H30N6O. The minimum atomic E-state index is 0.238. The number of nitrogens with zero attached hydrogens (tertiary/aromatic N) is 5. The van der Waals surface area contributed by atoms with Gasteiger partial charge in [-0.3, -0.25) is 4.79 Å². The SMILES string of the molecule is NCCn1nc([C@H]2CCN(C(=O)CCC3CCCCC3)C2)c2nccnc21. The molecule has 146 valence electrons. The van der Waals surface area contributed by atoms with Crippen LogP contribution in [0.1, 0.15) is 63.0 Å². The number of carbonyl (C=O) groups excluding carboxylic acids is 1. The van der Waals surface area contributed by atoms with E-state index in [1.165, 1.54) is 32.1 Å². The smallest absolute Gasteiger partial charge is 0.222 e. The molecule has 2 N–H and O–H groups in total. The summed E-state index contributed by atoms with van der Waals surface area (Å²) in [5, 5.41) is 4.75. The zero-order chi connectivity index (χ0) is 18.6. The van der Waals surface area contributed by atoms with E-state index < -0.39 is 0 Å². The summed E-state index contributed by atoms with van der Waals surface area (Å²) in [5.74, 6) is 1.30. The number of carbonyl (C=O) groups is 1. The van der Waals surface area contributed by atoms with Crippen molar-refractivity contribution in [1.82, 2.24) is 24.6 Å². The molecule has 0 bridgehead atoms. The van der Waals surface area contributed by atoms with Gasteiger partial charge in [-0.25, -0.2) is 14.6 Å². The average molecular weight is 371 g/mol. The molecule has 2 fully saturated rings. The lowest BCUT2D eigenvalue weighted by Crippen LogP contribution is -2.29. The van der Waals surface area contributed by atoms with Crippen LogP contribution in [0.3, 0.4) is 0 Å². The van der Waals surface area contributed by atoms with Crippen LogP contribution in [0.4, 0.5) is 0 Å². The zero-order valence-corrected chi connectivity index (χ0v) is 16.0. The Morgan fingerprint density at radius 2 is 1.96 bits per heavy atom. The van der Waals surface area contributed by atoms with Crippen LogP contribution < -0.4 is 5.73 Å². The fraction of sp³-hybridized carbons (Fsp3) is 0.700. The summed E-state index contributed by atoms with van der Waals surface area (Å²) in [6.45, 7) is 2.71. The summed E-state index contributed by atoms with van der Waals surface area (Å²) >= 11 is 0. The van der Waals surface area contributed by atoms with Gasteiger partial charge in [0.15, 0.2) is 5.65 Å². The van der Waals surface area contributed by atoms with Crippen molar-refractivity contribution in [3.8, 4) is 0 Å². The maximum Gasteiger partial charge on any atom is 0.222 e. The van der Waals surface area contributed by atoms with Crippen LogP contribution in [0.15, 0.2) is 12.4 Å². The van der Waals surface area contributed by atoms with Gasteiger partial charge in [0.1, 0.15) is 5.52 Å². The van der Waals surface area contributed by atoms with E-state index in [0.29, 0.717) is 25.4 Å². The number of rotatable bonds is 6. The molecule has 1 saturated carbocycles. The number of fused-ring (bicyclic) bond motifs is 1. The molecule has 2 aromatic rings. The molecule has 1 atom stereocenters. The molecule has 1 aliphatic carbocycles. The van der Waals surface area contributed by atoms with Crippen LogP contribution in [0.2, 0.25) is 0 Å². The Labute approximate surface area is 160 Å². The van der Waals surface area contributed by atoms with Crippen LogP contribution in [0, 0.1) is 5.92 Å². The molecule has 7 heteroatoms. The van der Waals surface area contributed by atoms with Crippen molar-refractivity contribution in [3.05, 3.63) is 18.1 Å². The molecule has 27 heavy (non-hydrogen) atoms. The molecule has 2 aromatic heterocycles. The molecule has 1 saturated heterocycles. The van der Waals surface area contributed by atoms with Gasteiger partial charge >= 0.3 is 0 Å². The van der Waals surface area contributed by atoms with Crippen LogP contribution in [-0.2, 0) is 11.3 Å². The predicted molar refractivity (Wildman–Crippen MR) is 104 cm³/mol. The van der Waals surface area contributed by atoms with E-state index in [1.807, 2.05) is 9.58 Å². The molecule has 0 radical (unpaired) electrons. The monoisotopic (exact) mass is 370 g/mol. The molecule has 4 rings (SSSR count). The highest BCUT2D eigenvalue weighted by molar-refractivity contribution is 5.77. The van der Waals surface area contributed by atoms with E-state index in [9.17, 15) is 4.79 Å². The van der Waals surface area contributed by atoms with E-state index in [-0.39, 0.29) is 5.92 Å². The zero-order valence-electron chi connectivity index (χ0n) is 16.0. The van der Waals surface area contributed by atoms with Crippen LogP contribution in [0.25, 0.3) is 11.2 Å². The third-order valence-electron chi connectivity index (χ3n) is 6.15. The molecule has 7 nitrogen and oxygen atoms in total. The first kappa shape index (κ1) is 18.3. The van der Waals surface area contributed by atoms with E-state index >= 15 is 0 Å². The second-order valence-corrected chi connectivity index (χ2v) is 7.99. The van der Waals surface area contributed by atoms with Crippen molar-refractivity contribution < 1.29 is 4.79 Å². The first-order valence-electron chi connectivity index (χ1n) is 10.4. The van der Waals surface area contributed by atoms with E-state index in [0.717, 1.165) is 48.7 Å². The van der Waals surface area contributed by atoms with Crippen LogP contribution >= 0.6 is 0 Å². The normalized spacial score (nSPS) is 21.2. The fourth-order valence-electron chi connectivity index (χ4n) is 4.65. The Balaban J connectivity index is 1.40.